The van der Waals surface area contributed by atoms with E-state index in [1.165, 1.54) is 0 Å². The molecule has 0 saturated carbocycles. The van der Waals surface area contributed by atoms with E-state index in [9.17, 15) is 4.79 Å². The van der Waals surface area contributed by atoms with Gasteiger partial charge in [0.2, 0.25) is 5.91 Å². The van der Waals surface area contributed by atoms with Gasteiger partial charge in [0.1, 0.15) is 11.6 Å². The number of anilines is 1. The van der Waals surface area contributed by atoms with Crippen LogP contribution in [0.2, 0.25) is 0 Å². The second-order valence-electron chi connectivity index (χ2n) is 6.05. The highest BCUT2D eigenvalue weighted by Gasteiger charge is 2.08. The number of rotatable bonds is 7. The molecule has 3 rings (SSSR count). The number of H-pyrrole nitrogens is 1. The van der Waals surface area contributed by atoms with Gasteiger partial charge in [-0.2, -0.15) is 5.10 Å². The Morgan fingerprint density at radius 3 is 2.81 bits per heavy atom. The molecule has 3 aromatic rings. The van der Waals surface area contributed by atoms with Crippen molar-refractivity contribution in [2.24, 2.45) is 0 Å². The number of nitrogens with one attached hydrogen (secondary N) is 2. The molecule has 1 amide bonds. The lowest BCUT2D eigenvalue weighted by molar-refractivity contribution is -0.115. The molecule has 0 aliphatic heterocycles. The van der Waals surface area contributed by atoms with Crippen molar-refractivity contribution in [1.82, 2.24) is 15.2 Å². The quantitative estimate of drug-likeness (QED) is 0.680. The summed E-state index contributed by atoms with van der Waals surface area (Å²) in [6, 6.07) is 15.1. The molecule has 0 fully saturated rings. The molecule has 2 aromatic carbocycles. The molecule has 2 N–H and O–H groups in total. The van der Waals surface area contributed by atoms with Crippen molar-refractivity contribution in [3.63, 3.8) is 0 Å². The maximum absolute atomic E-state index is 12.4. The highest BCUT2D eigenvalue weighted by atomic mass is 16.5. The lowest BCUT2D eigenvalue weighted by Crippen LogP contribution is -2.14. The molecule has 0 atom stereocenters. The first kappa shape index (κ1) is 17.7. The first-order valence-electron chi connectivity index (χ1n) is 8.65. The van der Waals surface area contributed by atoms with Crippen LogP contribution in [0.15, 0.2) is 48.5 Å². The van der Waals surface area contributed by atoms with E-state index in [1.807, 2.05) is 55.5 Å². The van der Waals surface area contributed by atoms with Gasteiger partial charge in [0.15, 0.2) is 5.82 Å². The van der Waals surface area contributed by atoms with Crippen LogP contribution in [0.3, 0.4) is 0 Å². The second-order valence-corrected chi connectivity index (χ2v) is 6.05. The maximum atomic E-state index is 12.4. The van der Waals surface area contributed by atoms with Crippen molar-refractivity contribution >= 4 is 11.6 Å². The van der Waals surface area contributed by atoms with Crippen LogP contribution in [0.1, 0.15) is 24.7 Å². The van der Waals surface area contributed by atoms with Crippen molar-refractivity contribution in [3.8, 4) is 17.1 Å². The molecule has 0 aliphatic carbocycles. The molecule has 6 heteroatoms. The fourth-order valence-electron chi connectivity index (χ4n) is 2.56. The zero-order valence-corrected chi connectivity index (χ0v) is 15.0. The summed E-state index contributed by atoms with van der Waals surface area (Å²) in [5.41, 5.74) is 2.48. The Kier molecular flexibility index (Phi) is 5.63. The van der Waals surface area contributed by atoms with Crippen molar-refractivity contribution < 1.29 is 9.53 Å². The molecule has 0 aliphatic rings. The van der Waals surface area contributed by atoms with Gasteiger partial charge in [0.05, 0.1) is 13.0 Å². The predicted octanol–water partition coefficient (Wildman–Crippen LogP) is 3.75. The van der Waals surface area contributed by atoms with E-state index in [0.29, 0.717) is 18.1 Å². The van der Waals surface area contributed by atoms with Crippen LogP contribution in [-0.2, 0) is 11.2 Å². The molecule has 134 valence electrons. The Morgan fingerprint density at radius 1 is 1.19 bits per heavy atom. The lowest BCUT2D eigenvalue weighted by atomic mass is 10.1. The standard InChI is InChI=1S/C20H22N4O2/c1-3-10-26-18-9-4-6-15(11-18)12-19(25)22-17-8-5-7-16(13-17)20-21-14(2)23-24-20/h4-9,11,13H,3,10,12H2,1-2H3,(H,22,25)(H,21,23,24). The lowest BCUT2D eigenvalue weighted by Gasteiger charge is -2.08. The molecular formula is C20H22N4O2. The Morgan fingerprint density at radius 2 is 2.04 bits per heavy atom. The summed E-state index contributed by atoms with van der Waals surface area (Å²) >= 11 is 0. The number of carbonyl (C=O) groups excluding carboxylic acids is 1. The van der Waals surface area contributed by atoms with Gasteiger partial charge >= 0.3 is 0 Å². The normalized spacial score (nSPS) is 10.5. The van der Waals surface area contributed by atoms with Gasteiger partial charge in [-0.15, -0.1) is 0 Å². The third-order valence-corrected chi connectivity index (χ3v) is 3.74. The summed E-state index contributed by atoms with van der Waals surface area (Å²) in [5, 5.41) is 9.89. The van der Waals surface area contributed by atoms with E-state index < -0.39 is 0 Å². The summed E-state index contributed by atoms with van der Waals surface area (Å²) in [5.74, 6) is 2.07. The fourth-order valence-corrected chi connectivity index (χ4v) is 2.56. The summed E-state index contributed by atoms with van der Waals surface area (Å²) in [7, 11) is 0. The van der Waals surface area contributed by atoms with Crippen LogP contribution in [0.5, 0.6) is 5.75 Å². The summed E-state index contributed by atoms with van der Waals surface area (Å²) in [6.45, 7) is 4.58. The molecule has 26 heavy (non-hydrogen) atoms. The van der Waals surface area contributed by atoms with Crippen LogP contribution in [0.25, 0.3) is 11.4 Å². The van der Waals surface area contributed by atoms with Crippen molar-refractivity contribution in [1.29, 1.82) is 0 Å². The zero-order valence-electron chi connectivity index (χ0n) is 15.0. The molecule has 1 aromatic heterocycles. The summed E-state index contributed by atoms with van der Waals surface area (Å²) in [4.78, 5) is 16.7. The van der Waals surface area contributed by atoms with Crippen LogP contribution in [0.4, 0.5) is 5.69 Å². The number of amides is 1. The molecule has 6 nitrogen and oxygen atoms in total. The smallest absolute Gasteiger partial charge is 0.228 e. The van der Waals surface area contributed by atoms with Crippen LogP contribution < -0.4 is 10.1 Å². The van der Waals surface area contributed by atoms with Crippen LogP contribution in [-0.4, -0.2) is 27.7 Å². The number of hydrogen-bond acceptors (Lipinski definition) is 4. The van der Waals surface area contributed by atoms with Gasteiger partial charge in [-0.25, -0.2) is 4.98 Å². The number of hydrogen-bond donors (Lipinski definition) is 2. The highest BCUT2D eigenvalue weighted by molar-refractivity contribution is 5.92. The minimum absolute atomic E-state index is 0.0824. The average molecular weight is 350 g/mol. The maximum Gasteiger partial charge on any atom is 0.228 e. The Hall–Kier alpha value is -3.15. The van der Waals surface area contributed by atoms with Crippen LogP contribution >= 0.6 is 0 Å². The molecule has 0 radical (unpaired) electrons. The number of aryl methyl sites for hydroxylation is 1. The van der Waals surface area contributed by atoms with E-state index in [1.54, 1.807) is 0 Å². The number of nitrogens with zero attached hydrogens (tertiary/aromatic N) is 2. The number of benzene rings is 2. The average Bonchev–Trinajstić information content (AvgIpc) is 3.07. The predicted molar refractivity (Wildman–Crippen MR) is 101 cm³/mol. The third-order valence-electron chi connectivity index (χ3n) is 3.74. The SMILES string of the molecule is CCCOc1cccc(CC(=O)Nc2cccc(-c3n[nH]c(C)n3)c2)c1. The number of ether oxygens (including phenoxy) is 1. The minimum Gasteiger partial charge on any atom is -0.494 e. The van der Waals surface area contributed by atoms with E-state index >= 15 is 0 Å². The van der Waals surface area contributed by atoms with Gasteiger partial charge < -0.3 is 10.1 Å². The van der Waals surface area contributed by atoms with Gasteiger partial charge in [0, 0.05) is 11.3 Å². The Labute approximate surface area is 152 Å². The fraction of sp³-hybridized carbons (Fsp3) is 0.250. The number of carbonyl (C=O) groups is 1. The molecule has 0 unspecified atom stereocenters. The molecule has 1 heterocycles. The van der Waals surface area contributed by atoms with Gasteiger partial charge in [-0.05, 0) is 43.2 Å². The third kappa shape index (κ3) is 4.69. The Bertz CT molecular complexity index is 889. The molecule has 0 spiro atoms. The second kappa shape index (κ2) is 8.29. The zero-order chi connectivity index (χ0) is 18.4. The van der Waals surface area contributed by atoms with E-state index in [4.69, 9.17) is 4.74 Å². The van der Waals surface area contributed by atoms with Gasteiger partial charge in [0.25, 0.3) is 0 Å². The first-order chi connectivity index (χ1) is 12.6. The summed E-state index contributed by atoms with van der Waals surface area (Å²) < 4.78 is 5.61. The highest BCUT2D eigenvalue weighted by Crippen LogP contribution is 2.20. The first-order valence-corrected chi connectivity index (χ1v) is 8.65. The van der Waals surface area contributed by atoms with Gasteiger partial charge in [-0.1, -0.05) is 31.2 Å². The molecular weight excluding hydrogens is 328 g/mol. The minimum atomic E-state index is -0.0824. The topological polar surface area (TPSA) is 79.9 Å². The van der Waals surface area contributed by atoms with Crippen molar-refractivity contribution in [3.05, 3.63) is 59.9 Å². The van der Waals surface area contributed by atoms with E-state index in [0.717, 1.165) is 29.1 Å². The Balaban J connectivity index is 1.65. The molecule has 0 bridgehead atoms. The molecule has 0 saturated heterocycles. The van der Waals surface area contributed by atoms with E-state index in [2.05, 4.69) is 27.4 Å². The largest absolute Gasteiger partial charge is 0.494 e. The number of aromatic amines is 1. The van der Waals surface area contributed by atoms with Crippen LogP contribution in [0, 0.1) is 6.92 Å². The monoisotopic (exact) mass is 350 g/mol. The van der Waals surface area contributed by atoms with E-state index in [-0.39, 0.29) is 12.3 Å². The number of aromatic nitrogens is 3. The van der Waals surface area contributed by atoms with Crippen molar-refractivity contribution in [2.75, 3.05) is 11.9 Å². The van der Waals surface area contributed by atoms with Crippen molar-refractivity contribution in [2.45, 2.75) is 26.7 Å². The summed E-state index contributed by atoms with van der Waals surface area (Å²) in [6.07, 6.45) is 1.23. The van der Waals surface area contributed by atoms with Gasteiger partial charge in [-0.3, -0.25) is 9.89 Å².